The molecule has 8 heteroatoms. The van der Waals surface area contributed by atoms with Crippen molar-refractivity contribution in [3.63, 3.8) is 0 Å². The minimum atomic E-state index is 0.107. The number of ether oxygens (including phenoxy) is 3. The molecule has 0 bridgehead atoms. The van der Waals surface area contributed by atoms with Crippen LogP contribution in [-0.4, -0.2) is 68.4 Å². The molecule has 1 fully saturated rings. The number of methoxy groups -OCH3 is 3. The third-order valence-corrected chi connectivity index (χ3v) is 7.69. The van der Waals surface area contributed by atoms with E-state index in [4.69, 9.17) is 14.2 Å². The van der Waals surface area contributed by atoms with Crippen LogP contribution in [0.2, 0.25) is 0 Å². The van der Waals surface area contributed by atoms with E-state index in [-0.39, 0.29) is 4.87 Å². The number of thiazole rings is 1. The Morgan fingerprint density at radius 1 is 0.882 bits per heavy atom. The highest BCUT2D eigenvalue weighted by Gasteiger charge is 2.21. The number of aromatic nitrogens is 1. The summed E-state index contributed by atoms with van der Waals surface area (Å²) in [5.41, 5.74) is 3.47. The average molecular weight is 486 g/mol. The van der Waals surface area contributed by atoms with E-state index in [0.29, 0.717) is 11.5 Å². The lowest BCUT2D eigenvalue weighted by molar-refractivity contribution is 0.124. The zero-order valence-electron chi connectivity index (χ0n) is 20.6. The van der Waals surface area contributed by atoms with Crippen LogP contribution < -0.4 is 19.1 Å². The van der Waals surface area contributed by atoms with Gasteiger partial charge in [0, 0.05) is 45.3 Å². The van der Waals surface area contributed by atoms with Crippen molar-refractivity contribution in [3.05, 3.63) is 51.1 Å². The number of aryl methyl sites for hydroxylation is 2. The van der Waals surface area contributed by atoms with E-state index in [1.807, 2.05) is 13.1 Å². The Morgan fingerprint density at radius 3 is 2.32 bits per heavy atom. The molecule has 0 N–H and O–H groups in total. The minimum Gasteiger partial charge on any atom is -0.493 e. The highest BCUT2D eigenvalue weighted by Crippen LogP contribution is 2.40. The third kappa shape index (κ3) is 5.40. The van der Waals surface area contributed by atoms with E-state index in [0.717, 1.165) is 73.6 Å². The molecule has 0 atom stereocenters. The Kier molecular flexibility index (Phi) is 8.13. The van der Waals surface area contributed by atoms with Gasteiger partial charge in [0.1, 0.15) is 0 Å². The summed E-state index contributed by atoms with van der Waals surface area (Å²) in [5, 5.41) is 0. The van der Waals surface area contributed by atoms with E-state index in [1.54, 1.807) is 25.9 Å². The van der Waals surface area contributed by atoms with Crippen molar-refractivity contribution in [2.75, 3.05) is 54.1 Å². The van der Waals surface area contributed by atoms with Gasteiger partial charge in [-0.2, -0.15) is 0 Å². The van der Waals surface area contributed by atoms with Crippen LogP contribution in [0.15, 0.2) is 35.1 Å². The first-order valence-electron chi connectivity index (χ1n) is 11.8. The molecule has 1 aliphatic heterocycles. The second-order valence-electron chi connectivity index (χ2n) is 8.80. The molecule has 0 unspecified atom stereocenters. The fourth-order valence-electron chi connectivity index (χ4n) is 4.70. The Morgan fingerprint density at radius 2 is 1.62 bits per heavy atom. The number of rotatable bonds is 10. The molecule has 4 rings (SSSR count). The van der Waals surface area contributed by atoms with E-state index in [2.05, 4.69) is 34.1 Å². The van der Waals surface area contributed by atoms with Gasteiger partial charge in [0.15, 0.2) is 11.5 Å². The van der Waals surface area contributed by atoms with Crippen LogP contribution in [0.3, 0.4) is 0 Å². The van der Waals surface area contributed by atoms with Crippen LogP contribution in [0, 0.1) is 0 Å². The standard InChI is InChI=1S/C26H35N3O4S/c1-27-21-10-8-19(17-23(21)34-26(27)30)7-5-6-12-28-13-15-29(16-14-28)18-20-9-11-22(31-2)25(33-4)24(20)32-3/h8-11,17H,5-7,12-16,18H2,1-4H3. The molecule has 1 aromatic heterocycles. The van der Waals surface area contributed by atoms with Gasteiger partial charge in [-0.3, -0.25) is 9.69 Å². The summed E-state index contributed by atoms with van der Waals surface area (Å²) in [5.74, 6) is 2.10. The summed E-state index contributed by atoms with van der Waals surface area (Å²) in [6.45, 7) is 6.22. The molecule has 34 heavy (non-hydrogen) atoms. The quantitative estimate of drug-likeness (QED) is 0.408. The molecule has 0 saturated carbocycles. The first-order chi connectivity index (χ1) is 16.5. The molecular weight excluding hydrogens is 450 g/mol. The maximum absolute atomic E-state index is 11.9. The molecule has 184 valence electrons. The molecule has 1 aliphatic rings. The van der Waals surface area contributed by atoms with Crippen molar-refractivity contribution in [2.24, 2.45) is 7.05 Å². The van der Waals surface area contributed by atoms with Crippen LogP contribution in [0.5, 0.6) is 17.2 Å². The molecule has 3 aromatic rings. The minimum absolute atomic E-state index is 0.107. The van der Waals surface area contributed by atoms with Crippen LogP contribution in [0.1, 0.15) is 24.0 Å². The lowest BCUT2D eigenvalue weighted by Crippen LogP contribution is -2.46. The van der Waals surface area contributed by atoms with Crippen LogP contribution in [-0.2, 0) is 20.0 Å². The van der Waals surface area contributed by atoms with E-state index >= 15 is 0 Å². The molecular formula is C26H35N3O4S. The van der Waals surface area contributed by atoms with Gasteiger partial charge < -0.3 is 23.7 Å². The first-order valence-corrected chi connectivity index (χ1v) is 12.7. The third-order valence-electron chi connectivity index (χ3n) is 6.69. The normalized spacial score (nSPS) is 15.1. The SMILES string of the molecule is COc1ccc(CN2CCN(CCCCc3ccc4c(c3)sc(=O)n4C)CC2)c(OC)c1OC. The number of fused-ring (bicyclic) bond motifs is 1. The van der Waals surface area contributed by atoms with Crippen molar-refractivity contribution < 1.29 is 14.2 Å². The molecule has 1 saturated heterocycles. The maximum atomic E-state index is 11.9. The van der Waals surface area contributed by atoms with Gasteiger partial charge in [-0.1, -0.05) is 23.5 Å². The Hall–Kier alpha value is -2.55. The zero-order valence-corrected chi connectivity index (χ0v) is 21.5. The van der Waals surface area contributed by atoms with Crippen LogP contribution in [0.4, 0.5) is 0 Å². The van der Waals surface area contributed by atoms with Crippen LogP contribution in [0.25, 0.3) is 10.2 Å². The van der Waals surface area contributed by atoms with Crippen molar-refractivity contribution >= 4 is 21.6 Å². The first kappa shape index (κ1) is 24.6. The Balaban J connectivity index is 1.22. The van der Waals surface area contributed by atoms with Gasteiger partial charge in [-0.05, 0) is 49.6 Å². The second kappa shape index (κ2) is 11.3. The van der Waals surface area contributed by atoms with Gasteiger partial charge in [-0.25, -0.2) is 0 Å². The lowest BCUT2D eigenvalue weighted by atomic mass is 10.1. The van der Waals surface area contributed by atoms with E-state index in [9.17, 15) is 4.79 Å². The van der Waals surface area contributed by atoms with E-state index < -0.39 is 0 Å². The molecule has 0 spiro atoms. The highest BCUT2D eigenvalue weighted by molar-refractivity contribution is 7.16. The monoisotopic (exact) mass is 485 g/mol. The number of unbranched alkanes of at least 4 members (excludes halogenated alkanes) is 1. The van der Waals surface area contributed by atoms with Crippen molar-refractivity contribution in [1.82, 2.24) is 14.4 Å². The summed E-state index contributed by atoms with van der Waals surface area (Å²) >= 11 is 1.33. The largest absolute Gasteiger partial charge is 0.493 e. The summed E-state index contributed by atoms with van der Waals surface area (Å²) in [4.78, 5) is 17.0. The lowest BCUT2D eigenvalue weighted by Gasteiger charge is -2.35. The Labute approximate surface area is 205 Å². The predicted molar refractivity (Wildman–Crippen MR) is 138 cm³/mol. The predicted octanol–water partition coefficient (Wildman–Crippen LogP) is 3.77. The summed E-state index contributed by atoms with van der Waals surface area (Å²) in [6, 6.07) is 10.4. The Bertz CT molecular complexity index is 1160. The molecule has 2 heterocycles. The maximum Gasteiger partial charge on any atom is 0.307 e. The second-order valence-corrected chi connectivity index (χ2v) is 9.79. The number of hydrogen-bond donors (Lipinski definition) is 0. The smallest absolute Gasteiger partial charge is 0.307 e. The van der Waals surface area contributed by atoms with Gasteiger partial charge >= 0.3 is 4.87 Å². The van der Waals surface area contributed by atoms with Crippen molar-refractivity contribution in [2.45, 2.75) is 25.8 Å². The number of piperazine rings is 1. The summed E-state index contributed by atoms with van der Waals surface area (Å²) in [6.07, 6.45) is 3.41. The average Bonchev–Trinajstić information content (AvgIpc) is 3.14. The molecule has 0 amide bonds. The van der Waals surface area contributed by atoms with Crippen LogP contribution >= 0.6 is 11.3 Å². The number of nitrogens with zero attached hydrogens (tertiary/aromatic N) is 3. The topological polar surface area (TPSA) is 56.2 Å². The molecule has 0 radical (unpaired) electrons. The van der Waals surface area contributed by atoms with Gasteiger partial charge in [-0.15, -0.1) is 0 Å². The fourth-order valence-corrected chi connectivity index (χ4v) is 5.64. The van der Waals surface area contributed by atoms with Crippen molar-refractivity contribution in [1.29, 1.82) is 0 Å². The van der Waals surface area contributed by atoms with Crippen molar-refractivity contribution in [3.8, 4) is 17.2 Å². The zero-order chi connectivity index (χ0) is 24.1. The van der Waals surface area contributed by atoms with Gasteiger partial charge in [0.2, 0.25) is 5.75 Å². The molecule has 7 nitrogen and oxygen atoms in total. The molecule has 0 aliphatic carbocycles. The van der Waals surface area contributed by atoms with Gasteiger partial charge in [0.05, 0.1) is 31.5 Å². The summed E-state index contributed by atoms with van der Waals surface area (Å²) in [7, 11) is 6.80. The number of hydrogen-bond acceptors (Lipinski definition) is 7. The molecule has 2 aromatic carbocycles. The fraction of sp³-hybridized carbons (Fsp3) is 0.500. The van der Waals surface area contributed by atoms with Gasteiger partial charge in [0.25, 0.3) is 0 Å². The highest BCUT2D eigenvalue weighted by atomic mass is 32.1. The van der Waals surface area contributed by atoms with E-state index in [1.165, 1.54) is 23.3 Å². The number of benzene rings is 2. The summed E-state index contributed by atoms with van der Waals surface area (Å²) < 4.78 is 19.4.